The first-order valence-corrected chi connectivity index (χ1v) is 12.4. The number of rotatable bonds is 6. The molecular formula is C25H28N2O3S. The third kappa shape index (κ3) is 4.30. The van der Waals surface area contributed by atoms with Gasteiger partial charge in [-0.3, -0.25) is 4.79 Å². The zero-order valence-electron chi connectivity index (χ0n) is 17.8. The lowest BCUT2D eigenvalue weighted by atomic mass is 9.66. The van der Waals surface area contributed by atoms with Crippen molar-refractivity contribution in [2.75, 3.05) is 0 Å². The lowest BCUT2D eigenvalue weighted by Crippen LogP contribution is -2.44. The Morgan fingerprint density at radius 2 is 1.77 bits per heavy atom. The van der Waals surface area contributed by atoms with Crippen LogP contribution in [0.15, 0.2) is 54.6 Å². The lowest BCUT2D eigenvalue weighted by Gasteiger charge is -2.37. The van der Waals surface area contributed by atoms with E-state index < -0.39 is 20.7 Å². The summed E-state index contributed by atoms with van der Waals surface area (Å²) in [6.07, 6.45) is 4.29. The van der Waals surface area contributed by atoms with Crippen LogP contribution >= 0.6 is 0 Å². The minimum atomic E-state index is -3.48. The van der Waals surface area contributed by atoms with E-state index in [0.29, 0.717) is 18.5 Å². The number of Topliss-reactive ketones (excluding diaryl/α,β-unsaturated/α-hetero) is 1. The first kappa shape index (κ1) is 21.7. The van der Waals surface area contributed by atoms with Crippen molar-refractivity contribution in [3.63, 3.8) is 0 Å². The molecule has 31 heavy (non-hydrogen) atoms. The number of benzene rings is 2. The molecule has 1 unspecified atom stereocenters. The molecule has 2 aromatic rings. The lowest BCUT2D eigenvalue weighted by molar-refractivity contribution is 0.0881. The maximum Gasteiger partial charge on any atom is 0.221 e. The number of nitrogens with zero attached hydrogens (tertiary/aromatic N) is 2. The predicted octanol–water partition coefficient (Wildman–Crippen LogP) is 5.01. The number of nitriles is 1. The van der Waals surface area contributed by atoms with Gasteiger partial charge in [-0.25, -0.2) is 8.42 Å². The summed E-state index contributed by atoms with van der Waals surface area (Å²) in [5.74, 6) is -0.0177. The smallest absolute Gasteiger partial charge is 0.221 e. The van der Waals surface area contributed by atoms with Gasteiger partial charge in [0.15, 0.2) is 5.78 Å². The molecular weight excluding hydrogens is 408 g/mol. The van der Waals surface area contributed by atoms with Crippen LogP contribution in [0, 0.1) is 16.7 Å². The van der Waals surface area contributed by atoms with Crippen molar-refractivity contribution < 1.29 is 13.2 Å². The monoisotopic (exact) mass is 436 g/mol. The van der Waals surface area contributed by atoms with Crippen LogP contribution in [0.2, 0.25) is 0 Å². The fraction of sp³-hybridized carbons (Fsp3) is 0.440. The van der Waals surface area contributed by atoms with Gasteiger partial charge in [-0.05, 0) is 43.7 Å². The Bertz CT molecular complexity index is 1080. The Morgan fingerprint density at radius 1 is 1.10 bits per heavy atom. The molecule has 1 saturated carbocycles. The van der Waals surface area contributed by atoms with Crippen molar-refractivity contribution >= 4 is 15.8 Å². The molecule has 0 N–H and O–H groups in total. The highest BCUT2D eigenvalue weighted by Crippen LogP contribution is 2.44. The molecule has 2 fully saturated rings. The van der Waals surface area contributed by atoms with Crippen molar-refractivity contribution in [1.82, 2.24) is 4.31 Å². The van der Waals surface area contributed by atoms with E-state index in [0.717, 1.165) is 36.8 Å². The highest BCUT2D eigenvalue weighted by Gasteiger charge is 2.41. The fourth-order valence-corrected chi connectivity index (χ4v) is 6.87. The summed E-state index contributed by atoms with van der Waals surface area (Å²) in [6.45, 7) is 2.25. The number of hydrogen-bond acceptors (Lipinski definition) is 4. The number of ketones is 1. The van der Waals surface area contributed by atoms with Gasteiger partial charge in [0.05, 0.1) is 11.5 Å². The van der Waals surface area contributed by atoms with E-state index in [1.165, 1.54) is 0 Å². The number of sulfonamides is 1. The molecule has 0 bridgehead atoms. The Balaban J connectivity index is 1.49. The van der Waals surface area contributed by atoms with Gasteiger partial charge in [0.25, 0.3) is 0 Å². The van der Waals surface area contributed by atoms with E-state index in [9.17, 15) is 18.5 Å². The molecule has 6 heteroatoms. The Hall–Kier alpha value is -2.49. The van der Waals surface area contributed by atoms with Crippen LogP contribution in [0.5, 0.6) is 0 Å². The molecule has 1 saturated heterocycles. The average molecular weight is 437 g/mol. The van der Waals surface area contributed by atoms with Crippen molar-refractivity contribution in [2.24, 2.45) is 5.41 Å². The second-order valence-electron chi connectivity index (χ2n) is 8.96. The van der Waals surface area contributed by atoms with Crippen LogP contribution in [0.1, 0.15) is 72.2 Å². The van der Waals surface area contributed by atoms with Gasteiger partial charge >= 0.3 is 0 Å². The SMILES string of the molecule is C[C@H]1CCC(c2ccccc2)S(=O)(=O)N1Cc1ccc(C(=O)CC2(C#N)CCC2)cc1. The summed E-state index contributed by atoms with van der Waals surface area (Å²) in [6, 6.07) is 18.9. The summed E-state index contributed by atoms with van der Waals surface area (Å²) in [4.78, 5) is 12.6. The van der Waals surface area contributed by atoms with Gasteiger partial charge in [0.2, 0.25) is 10.0 Å². The molecule has 1 heterocycles. The second-order valence-corrected chi connectivity index (χ2v) is 11.0. The van der Waals surface area contributed by atoms with Gasteiger partial charge in [-0.1, -0.05) is 61.0 Å². The molecule has 0 radical (unpaired) electrons. The van der Waals surface area contributed by atoms with Crippen molar-refractivity contribution in [2.45, 2.75) is 63.3 Å². The van der Waals surface area contributed by atoms with Crippen LogP contribution in [-0.4, -0.2) is 24.5 Å². The van der Waals surface area contributed by atoms with Crippen LogP contribution in [0.25, 0.3) is 0 Å². The van der Waals surface area contributed by atoms with E-state index in [1.54, 1.807) is 16.4 Å². The third-order valence-electron chi connectivity index (χ3n) is 6.86. The highest BCUT2D eigenvalue weighted by molar-refractivity contribution is 7.89. The van der Waals surface area contributed by atoms with Gasteiger partial charge < -0.3 is 0 Å². The second kappa shape index (κ2) is 8.57. The van der Waals surface area contributed by atoms with Gasteiger partial charge in [0, 0.05) is 24.6 Å². The quantitative estimate of drug-likeness (QED) is 0.597. The average Bonchev–Trinajstić information content (AvgIpc) is 2.74. The minimum absolute atomic E-state index is 0.0177. The van der Waals surface area contributed by atoms with E-state index >= 15 is 0 Å². The van der Waals surface area contributed by atoms with Gasteiger partial charge in [0.1, 0.15) is 5.25 Å². The molecule has 0 spiro atoms. The van der Waals surface area contributed by atoms with E-state index in [4.69, 9.17) is 0 Å². The first-order valence-electron chi connectivity index (χ1n) is 10.9. The van der Waals surface area contributed by atoms with Crippen LogP contribution in [0.3, 0.4) is 0 Å². The maximum atomic E-state index is 13.4. The van der Waals surface area contributed by atoms with Crippen LogP contribution < -0.4 is 0 Å². The molecule has 2 aliphatic rings. The fourth-order valence-electron chi connectivity index (χ4n) is 4.67. The molecule has 162 valence electrons. The molecule has 5 nitrogen and oxygen atoms in total. The van der Waals surface area contributed by atoms with Gasteiger partial charge in [-0.2, -0.15) is 9.57 Å². The summed E-state index contributed by atoms with van der Waals surface area (Å²) < 4.78 is 28.3. The molecule has 1 aliphatic heterocycles. The number of carbonyl (C=O) groups excluding carboxylic acids is 1. The third-order valence-corrected chi connectivity index (χ3v) is 9.23. The maximum absolute atomic E-state index is 13.4. The normalized spacial score (nSPS) is 24.6. The Morgan fingerprint density at radius 3 is 2.35 bits per heavy atom. The summed E-state index contributed by atoms with van der Waals surface area (Å²) in [5, 5.41) is 8.85. The summed E-state index contributed by atoms with van der Waals surface area (Å²) in [7, 11) is -3.48. The number of carbonyl (C=O) groups is 1. The molecule has 1 aliphatic carbocycles. The first-order chi connectivity index (χ1) is 14.8. The topological polar surface area (TPSA) is 78.2 Å². The zero-order chi connectivity index (χ0) is 22.1. The Kier molecular flexibility index (Phi) is 6.00. The molecule has 0 amide bonds. The molecule has 0 aromatic heterocycles. The zero-order valence-corrected chi connectivity index (χ0v) is 18.6. The van der Waals surface area contributed by atoms with Crippen LogP contribution in [0.4, 0.5) is 0 Å². The van der Waals surface area contributed by atoms with Crippen molar-refractivity contribution in [3.8, 4) is 6.07 Å². The van der Waals surface area contributed by atoms with Crippen molar-refractivity contribution in [3.05, 3.63) is 71.3 Å². The van der Waals surface area contributed by atoms with E-state index in [2.05, 4.69) is 6.07 Å². The standard InChI is InChI=1S/C25H28N2O3S/c1-19-8-13-24(22-6-3-2-4-7-22)31(29,30)27(19)17-20-9-11-21(12-10-20)23(28)16-25(18-26)14-5-15-25/h2-4,6-7,9-12,19,24H,5,8,13-17H2,1H3/t19-,24?/m0/s1. The molecule has 2 aromatic carbocycles. The van der Waals surface area contributed by atoms with Crippen LogP contribution in [-0.2, 0) is 16.6 Å². The Labute approximate surface area is 184 Å². The summed E-state index contributed by atoms with van der Waals surface area (Å²) in [5.41, 5.74) is 1.79. The van der Waals surface area contributed by atoms with E-state index in [-0.39, 0.29) is 18.2 Å². The summed E-state index contributed by atoms with van der Waals surface area (Å²) >= 11 is 0. The van der Waals surface area contributed by atoms with Gasteiger partial charge in [-0.15, -0.1) is 0 Å². The number of hydrogen-bond donors (Lipinski definition) is 0. The molecule has 2 atom stereocenters. The minimum Gasteiger partial charge on any atom is -0.294 e. The highest BCUT2D eigenvalue weighted by atomic mass is 32.2. The van der Waals surface area contributed by atoms with E-state index in [1.807, 2.05) is 49.4 Å². The van der Waals surface area contributed by atoms with Crippen molar-refractivity contribution in [1.29, 1.82) is 5.26 Å². The molecule has 4 rings (SSSR count). The predicted molar refractivity (Wildman–Crippen MR) is 120 cm³/mol. The largest absolute Gasteiger partial charge is 0.294 e.